The molecule has 0 aromatic heterocycles. The summed E-state index contributed by atoms with van der Waals surface area (Å²) in [6.45, 7) is 4.63. The minimum Gasteiger partial charge on any atom is -0.339 e. The Labute approximate surface area is 161 Å². The van der Waals surface area contributed by atoms with Crippen LogP contribution in [-0.4, -0.2) is 18.5 Å². The smallest absolute Gasteiger partial charge is 0.228 e. The number of nitrogens with one attached hydrogen (secondary N) is 1. The van der Waals surface area contributed by atoms with Crippen molar-refractivity contribution < 1.29 is 4.79 Å². The van der Waals surface area contributed by atoms with E-state index in [1.54, 1.807) is 0 Å². The van der Waals surface area contributed by atoms with Crippen molar-refractivity contribution in [1.82, 2.24) is 0 Å². The van der Waals surface area contributed by atoms with E-state index in [1.807, 2.05) is 38.1 Å². The van der Waals surface area contributed by atoms with Gasteiger partial charge in [0.2, 0.25) is 5.91 Å². The Kier molecular flexibility index (Phi) is 7.74. The second-order valence-corrected chi connectivity index (χ2v) is 6.18. The Bertz CT molecular complexity index is 721. The Morgan fingerprint density at radius 3 is 2.32 bits per heavy atom. The van der Waals surface area contributed by atoms with Crippen molar-refractivity contribution in [2.24, 2.45) is 11.7 Å². The molecule has 1 aliphatic heterocycles. The van der Waals surface area contributed by atoms with Crippen molar-refractivity contribution in [3.05, 3.63) is 54.1 Å². The summed E-state index contributed by atoms with van der Waals surface area (Å²) in [4.78, 5) is 14.6. The summed E-state index contributed by atoms with van der Waals surface area (Å²) in [6.07, 6.45) is 1.02. The lowest BCUT2D eigenvalue weighted by molar-refractivity contribution is -0.119. The van der Waals surface area contributed by atoms with Gasteiger partial charge in [-0.25, -0.2) is 0 Å². The van der Waals surface area contributed by atoms with Gasteiger partial charge in [-0.1, -0.05) is 37.3 Å². The van der Waals surface area contributed by atoms with Crippen molar-refractivity contribution in [3.8, 4) is 0 Å². The molecular formula is C19H25Cl2N3O. The van der Waals surface area contributed by atoms with E-state index in [9.17, 15) is 4.79 Å². The summed E-state index contributed by atoms with van der Waals surface area (Å²) in [7, 11) is 0. The molecule has 0 bridgehead atoms. The maximum absolute atomic E-state index is 12.4. The lowest BCUT2D eigenvalue weighted by atomic mass is 10.0. The maximum Gasteiger partial charge on any atom is 0.228 e. The van der Waals surface area contributed by atoms with Crippen LogP contribution in [0.25, 0.3) is 0 Å². The van der Waals surface area contributed by atoms with Gasteiger partial charge < -0.3 is 16.0 Å². The Morgan fingerprint density at radius 2 is 1.64 bits per heavy atom. The van der Waals surface area contributed by atoms with Crippen LogP contribution < -0.4 is 16.0 Å². The second-order valence-electron chi connectivity index (χ2n) is 6.18. The second kappa shape index (κ2) is 9.09. The number of fused-ring (bicyclic) bond motifs is 1. The van der Waals surface area contributed by atoms with E-state index >= 15 is 0 Å². The zero-order valence-corrected chi connectivity index (χ0v) is 16.1. The number of amides is 1. The van der Waals surface area contributed by atoms with Crippen molar-refractivity contribution in [2.45, 2.75) is 26.3 Å². The molecule has 6 heteroatoms. The minimum atomic E-state index is -0.228. The highest BCUT2D eigenvalue weighted by Crippen LogP contribution is 2.38. The van der Waals surface area contributed by atoms with Crippen LogP contribution in [0.4, 0.5) is 17.1 Å². The summed E-state index contributed by atoms with van der Waals surface area (Å²) >= 11 is 0. The fraction of sp³-hybridized carbons (Fsp3) is 0.316. The summed E-state index contributed by atoms with van der Waals surface area (Å²) in [5.41, 5.74) is 10.3. The van der Waals surface area contributed by atoms with Gasteiger partial charge in [0, 0.05) is 18.3 Å². The number of halogens is 2. The predicted octanol–water partition coefficient (Wildman–Crippen LogP) is 4.15. The van der Waals surface area contributed by atoms with E-state index in [-0.39, 0.29) is 42.7 Å². The molecule has 1 heterocycles. The van der Waals surface area contributed by atoms with E-state index in [1.165, 1.54) is 11.3 Å². The van der Waals surface area contributed by atoms with Crippen molar-refractivity contribution >= 4 is 47.8 Å². The summed E-state index contributed by atoms with van der Waals surface area (Å²) in [6, 6.07) is 16.2. The van der Waals surface area contributed by atoms with E-state index in [4.69, 9.17) is 5.73 Å². The summed E-state index contributed by atoms with van der Waals surface area (Å²) in [5, 5.41) is 3.04. The SMILES string of the molecule is CC(N)C(C)C(=O)Nc1ccccc1N1CCc2ccccc21.Cl.Cl. The average molecular weight is 382 g/mol. The van der Waals surface area contributed by atoms with Gasteiger partial charge in [-0.15, -0.1) is 24.8 Å². The number of para-hydroxylation sites is 3. The number of hydrogen-bond acceptors (Lipinski definition) is 3. The molecule has 0 radical (unpaired) electrons. The molecule has 0 spiro atoms. The number of rotatable bonds is 4. The number of carbonyl (C=O) groups excluding carboxylic acids is 1. The first kappa shape index (κ1) is 21.3. The first-order valence-corrected chi connectivity index (χ1v) is 8.09. The molecule has 1 aliphatic rings. The molecule has 2 atom stereocenters. The molecule has 0 fully saturated rings. The van der Waals surface area contributed by atoms with Gasteiger partial charge in [0.05, 0.1) is 17.3 Å². The third-order valence-corrected chi connectivity index (χ3v) is 4.54. The van der Waals surface area contributed by atoms with Gasteiger partial charge >= 0.3 is 0 Å². The minimum absolute atomic E-state index is 0. The molecule has 0 aliphatic carbocycles. The lowest BCUT2D eigenvalue weighted by Crippen LogP contribution is -2.34. The predicted molar refractivity (Wildman–Crippen MR) is 110 cm³/mol. The van der Waals surface area contributed by atoms with Crippen LogP contribution in [0.15, 0.2) is 48.5 Å². The normalized spacial score (nSPS) is 14.6. The first-order chi connectivity index (χ1) is 11.1. The standard InChI is InChI=1S/C19H23N3O.2ClH/c1-13(14(2)20)19(23)21-16-8-4-6-10-18(16)22-12-11-15-7-3-5-9-17(15)22;;/h3-10,13-14H,11-12,20H2,1-2H3,(H,21,23);2*1H. The van der Waals surface area contributed by atoms with Crippen LogP contribution in [0.2, 0.25) is 0 Å². The highest BCUT2D eigenvalue weighted by Gasteiger charge is 2.23. The highest BCUT2D eigenvalue weighted by atomic mass is 35.5. The Morgan fingerprint density at radius 1 is 1.04 bits per heavy atom. The van der Waals surface area contributed by atoms with Gasteiger partial charge in [-0.05, 0) is 37.1 Å². The molecule has 2 unspecified atom stereocenters. The van der Waals surface area contributed by atoms with Gasteiger partial charge in [0.1, 0.15) is 0 Å². The third-order valence-electron chi connectivity index (χ3n) is 4.54. The Hall–Kier alpha value is -1.75. The molecule has 3 rings (SSSR count). The van der Waals surface area contributed by atoms with Crippen molar-refractivity contribution in [1.29, 1.82) is 0 Å². The molecule has 2 aromatic rings. The van der Waals surface area contributed by atoms with Crippen LogP contribution >= 0.6 is 24.8 Å². The van der Waals surface area contributed by atoms with E-state index < -0.39 is 0 Å². The molecule has 136 valence electrons. The third kappa shape index (κ3) is 4.46. The highest BCUT2D eigenvalue weighted by molar-refractivity contribution is 5.97. The number of nitrogens with zero attached hydrogens (tertiary/aromatic N) is 1. The fourth-order valence-corrected chi connectivity index (χ4v) is 2.89. The van der Waals surface area contributed by atoms with Gasteiger partial charge in [-0.2, -0.15) is 0 Å². The largest absolute Gasteiger partial charge is 0.339 e. The molecule has 3 N–H and O–H groups in total. The number of nitrogens with two attached hydrogens (primary N) is 1. The van der Waals surface area contributed by atoms with Crippen LogP contribution in [0, 0.1) is 5.92 Å². The maximum atomic E-state index is 12.4. The number of carbonyl (C=O) groups is 1. The zero-order chi connectivity index (χ0) is 16.4. The summed E-state index contributed by atoms with van der Waals surface area (Å²) < 4.78 is 0. The van der Waals surface area contributed by atoms with Crippen LogP contribution in [0.5, 0.6) is 0 Å². The molecule has 25 heavy (non-hydrogen) atoms. The molecule has 4 nitrogen and oxygen atoms in total. The van der Waals surface area contributed by atoms with Gasteiger partial charge in [0.15, 0.2) is 0 Å². The van der Waals surface area contributed by atoms with Crippen LogP contribution in [0.1, 0.15) is 19.4 Å². The van der Waals surface area contributed by atoms with Crippen molar-refractivity contribution in [3.63, 3.8) is 0 Å². The van der Waals surface area contributed by atoms with E-state index in [0.717, 1.165) is 24.3 Å². The zero-order valence-electron chi connectivity index (χ0n) is 14.4. The average Bonchev–Trinajstić information content (AvgIpc) is 2.98. The lowest BCUT2D eigenvalue weighted by Gasteiger charge is -2.24. The molecule has 1 amide bonds. The van der Waals surface area contributed by atoms with Crippen LogP contribution in [0.3, 0.4) is 0 Å². The fourth-order valence-electron chi connectivity index (χ4n) is 2.89. The number of anilines is 3. The molecule has 0 saturated carbocycles. The van der Waals surface area contributed by atoms with Gasteiger partial charge in [-0.3, -0.25) is 4.79 Å². The van der Waals surface area contributed by atoms with Gasteiger partial charge in [0.25, 0.3) is 0 Å². The molecular weight excluding hydrogens is 357 g/mol. The number of benzene rings is 2. The molecule has 0 saturated heterocycles. The first-order valence-electron chi connectivity index (χ1n) is 8.09. The van der Waals surface area contributed by atoms with E-state index in [2.05, 4.69) is 34.5 Å². The van der Waals surface area contributed by atoms with Crippen LogP contribution in [-0.2, 0) is 11.2 Å². The summed E-state index contributed by atoms with van der Waals surface area (Å²) in [5.74, 6) is -0.270. The Balaban J connectivity index is 0.00000156. The van der Waals surface area contributed by atoms with E-state index in [0.29, 0.717) is 0 Å². The monoisotopic (exact) mass is 381 g/mol. The number of hydrogen-bond donors (Lipinski definition) is 2. The molecule has 2 aromatic carbocycles. The topological polar surface area (TPSA) is 58.4 Å². The van der Waals surface area contributed by atoms with Crippen molar-refractivity contribution in [2.75, 3.05) is 16.8 Å². The quantitative estimate of drug-likeness (QED) is 0.836.